The standard InChI is InChI=1S/C19H18N2O4S/c1-24-14-6-4-13(5-7-14)10-11-20-19(23)16-8-9-17(26-16)21-18(22)15-3-2-12-25-15/h2-9,12H,10-11H2,1H3,(H,20,23)(H,21,22). The first-order chi connectivity index (χ1) is 12.7. The van der Waals surface area contributed by atoms with Crippen molar-refractivity contribution in [2.24, 2.45) is 0 Å². The lowest BCUT2D eigenvalue weighted by Crippen LogP contribution is -2.24. The lowest BCUT2D eigenvalue weighted by atomic mass is 10.1. The average molecular weight is 370 g/mol. The van der Waals surface area contributed by atoms with Crippen molar-refractivity contribution in [2.75, 3.05) is 19.0 Å². The number of hydrogen-bond acceptors (Lipinski definition) is 5. The van der Waals surface area contributed by atoms with E-state index in [2.05, 4.69) is 10.6 Å². The molecule has 0 aliphatic heterocycles. The van der Waals surface area contributed by atoms with Gasteiger partial charge >= 0.3 is 0 Å². The molecule has 3 aromatic rings. The molecule has 134 valence electrons. The minimum Gasteiger partial charge on any atom is -0.497 e. The molecule has 0 saturated carbocycles. The van der Waals surface area contributed by atoms with Crippen LogP contribution < -0.4 is 15.4 Å². The van der Waals surface area contributed by atoms with Gasteiger partial charge in [0.05, 0.1) is 23.3 Å². The third kappa shape index (κ3) is 4.52. The minimum absolute atomic E-state index is 0.165. The van der Waals surface area contributed by atoms with Crippen molar-refractivity contribution >= 4 is 28.2 Å². The van der Waals surface area contributed by atoms with E-state index in [4.69, 9.17) is 9.15 Å². The molecule has 0 atom stereocenters. The second kappa shape index (κ2) is 8.35. The van der Waals surface area contributed by atoms with E-state index < -0.39 is 0 Å². The molecule has 2 amide bonds. The Morgan fingerprint density at radius 1 is 1.08 bits per heavy atom. The molecule has 0 spiro atoms. The summed E-state index contributed by atoms with van der Waals surface area (Å²) >= 11 is 1.22. The van der Waals surface area contributed by atoms with Crippen LogP contribution in [-0.4, -0.2) is 25.5 Å². The minimum atomic E-state index is -0.344. The van der Waals surface area contributed by atoms with Crippen LogP contribution in [0.25, 0.3) is 0 Å². The van der Waals surface area contributed by atoms with Crippen LogP contribution in [0.5, 0.6) is 5.75 Å². The topological polar surface area (TPSA) is 80.6 Å². The number of carbonyl (C=O) groups excluding carboxylic acids is 2. The van der Waals surface area contributed by atoms with Gasteiger partial charge in [-0.2, -0.15) is 0 Å². The Balaban J connectivity index is 1.49. The summed E-state index contributed by atoms with van der Waals surface area (Å²) in [6.07, 6.45) is 2.16. The fraction of sp³-hybridized carbons (Fsp3) is 0.158. The fourth-order valence-electron chi connectivity index (χ4n) is 2.31. The zero-order chi connectivity index (χ0) is 18.4. The van der Waals surface area contributed by atoms with Crippen LogP contribution >= 0.6 is 11.3 Å². The van der Waals surface area contributed by atoms with Crippen molar-refractivity contribution in [3.8, 4) is 5.75 Å². The molecule has 0 radical (unpaired) electrons. The monoisotopic (exact) mass is 370 g/mol. The molecule has 0 unspecified atom stereocenters. The summed E-state index contributed by atoms with van der Waals surface area (Å²) in [6.45, 7) is 0.525. The number of ether oxygens (including phenoxy) is 1. The number of thiophene rings is 1. The molecule has 2 N–H and O–H groups in total. The molecule has 2 heterocycles. The van der Waals surface area contributed by atoms with Crippen LogP contribution in [0.1, 0.15) is 25.8 Å². The first-order valence-corrected chi connectivity index (χ1v) is 8.83. The van der Waals surface area contributed by atoms with Gasteiger partial charge in [0.15, 0.2) is 5.76 Å². The van der Waals surface area contributed by atoms with E-state index in [9.17, 15) is 9.59 Å². The highest BCUT2D eigenvalue weighted by molar-refractivity contribution is 7.18. The van der Waals surface area contributed by atoms with Crippen molar-refractivity contribution in [3.05, 3.63) is 71.0 Å². The van der Waals surface area contributed by atoms with Crippen molar-refractivity contribution < 1.29 is 18.7 Å². The maximum absolute atomic E-state index is 12.2. The summed E-state index contributed by atoms with van der Waals surface area (Å²) in [6, 6.07) is 14.3. The Morgan fingerprint density at radius 2 is 1.88 bits per heavy atom. The highest BCUT2D eigenvalue weighted by Gasteiger charge is 2.13. The molecule has 0 fully saturated rings. The molecule has 0 bridgehead atoms. The number of amides is 2. The van der Waals surface area contributed by atoms with Gasteiger partial charge in [-0.15, -0.1) is 11.3 Å². The molecule has 0 saturated heterocycles. The number of hydrogen-bond donors (Lipinski definition) is 2. The maximum atomic E-state index is 12.2. The van der Waals surface area contributed by atoms with Crippen LogP contribution in [-0.2, 0) is 6.42 Å². The third-order valence-corrected chi connectivity index (χ3v) is 4.67. The quantitative estimate of drug-likeness (QED) is 0.666. The van der Waals surface area contributed by atoms with Gasteiger partial charge in [0.25, 0.3) is 11.8 Å². The van der Waals surface area contributed by atoms with Crippen molar-refractivity contribution in [1.29, 1.82) is 0 Å². The summed E-state index contributed by atoms with van der Waals surface area (Å²) in [4.78, 5) is 24.7. The number of benzene rings is 1. The van der Waals surface area contributed by atoms with Gasteiger partial charge in [-0.05, 0) is 48.4 Å². The van der Waals surface area contributed by atoms with Gasteiger partial charge < -0.3 is 19.8 Å². The Kier molecular flexibility index (Phi) is 5.70. The van der Waals surface area contributed by atoms with Gasteiger partial charge in [-0.25, -0.2) is 0 Å². The second-order valence-corrected chi connectivity index (χ2v) is 6.53. The normalized spacial score (nSPS) is 10.3. The molecule has 0 aliphatic rings. The lowest BCUT2D eigenvalue weighted by molar-refractivity contribution is 0.0956. The fourth-order valence-corrected chi connectivity index (χ4v) is 3.13. The van der Waals surface area contributed by atoms with Crippen molar-refractivity contribution in [2.45, 2.75) is 6.42 Å². The van der Waals surface area contributed by atoms with Gasteiger partial charge in [-0.1, -0.05) is 12.1 Å². The second-order valence-electron chi connectivity index (χ2n) is 5.45. The van der Waals surface area contributed by atoms with E-state index in [1.807, 2.05) is 24.3 Å². The number of rotatable bonds is 7. The van der Waals surface area contributed by atoms with Crippen molar-refractivity contribution in [3.63, 3.8) is 0 Å². The third-order valence-electron chi connectivity index (χ3n) is 3.67. The predicted octanol–water partition coefficient (Wildman–Crippen LogP) is 3.57. The Bertz CT molecular complexity index is 869. The number of nitrogens with one attached hydrogen (secondary N) is 2. The Morgan fingerprint density at radius 3 is 2.58 bits per heavy atom. The number of anilines is 1. The largest absolute Gasteiger partial charge is 0.497 e. The molecular formula is C19H18N2O4S. The van der Waals surface area contributed by atoms with Crippen LogP contribution in [0.2, 0.25) is 0 Å². The number of methoxy groups -OCH3 is 1. The zero-order valence-corrected chi connectivity index (χ0v) is 15.0. The van der Waals surface area contributed by atoms with E-state index in [1.54, 1.807) is 31.4 Å². The molecule has 0 aliphatic carbocycles. The van der Waals surface area contributed by atoms with E-state index in [-0.39, 0.29) is 17.6 Å². The van der Waals surface area contributed by atoms with Crippen LogP contribution in [0.15, 0.2) is 59.2 Å². The summed E-state index contributed by atoms with van der Waals surface area (Å²) in [7, 11) is 1.63. The SMILES string of the molecule is COc1ccc(CCNC(=O)c2ccc(NC(=O)c3ccco3)s2)cc1. The summed E-state index contributed by atoms with van der Waals surface area (Å²) in [5.41, 5.74) is 1.11. The molecule has 2 aromatic heterocycles. The van der Waals surface area contributed by atoms with Gasteiger partial charge in [-0.3, -0.25) is 9.59 Å². The van der Waals surface area contributed by atoms with E-state index >= 15 is 0 Å². The number of carbonyl (C=O) groups is 2. The van der Waals surface area contributed by atoms with Crippen LogP contribution in [0.4, 0.5) is 5.00 Å². The molecule has 7 heteroatoms. The predicted molar refractivity (Wildman–Crippen MR) is 100 cm³/mol. The summed E-state index contributed by atoms with van der Waals surface area (Å²) < 4.78 is 10.2. The molecule has 6 nitrogen and oxygen atoms in total. The van der Waals surface area contributed by atoms with Crippen LogP contribution in [0.3, 0.4) is 0 Å². The van der Waals surface area contributed by atoms with E-state index in [1.165, 1.54) is 17.6 Å². The Labute approximate surface area is 154 Å². The molecular weight excluding hydrogens is 352 g/mol. The summed E-state index contributed by atoms with van der Waals surface area (Å²) in [5.74, 6) is 0.523. The smallest absolute Gasteiger partial charge is 0.291 e. The average Bonchev–Trinajstić information content (AvgIpc) is 3.34. The molecule has 26 heavy (non-hydrogen) atoms. The Hall–Kier alpha value is -3.06. The van der Waals surface area contributed by atoms with Gasteiger partial charge in [0.2, 0.25) is 0 Å². The highest BCUT2D eigenvalue weighted by atomic mass is 32.1. The van der Waals surface area contributed by atoms with Crippen LogP contribution in [0, 0.1) is 0 Å². The lowest BCUT2D eigenvalue weighted by Gasteiger charge is -2.05. The molecule has 3 rings (SSSR count). The summed E-state index contributed by atoms with van der Waals surface area (Å²) in [5, 5.41) is 6.18. The number of furan rings is 1. The van der Waals surface area contributed by atoms with E-state index in [0.29, 0.717) is 16.4 Å². The first-order valence-electron chi connectivity index (χ1n) is 8.01. The van der Waals surface area contributed by atoms with Gasteiger partial charge in [0.1, 0.15) is 5.75 Å². The zero-order valence-electron chi connectivity index (χ0n) is 14.2. The van der Waals surface area contributed by atoms with Crippen molar-refractivity contribution in [1.82, 2.24) is 5.32 Å². The highest BCUT2D eigenvalue weighted by Crippen LogP contribution is 2.22. The molecule has 1 aromatic carbocycles. The first kappa shape index (κ1) is 17.8. The van der Waals surface area contributed by atoms with Gasteiger partial charge in [0, 0.05) is 6.54 Å². The van der Waals surface area contributed by atoms with E-state index in [0.717, 1.165) is 17.7 Å². The maximum Gasteiger partial charge on any atom is 0.291 e.